The van der Waals surface area contributed by atoms with Gasteiger partial charge in [0.25, 0.3) is 5.91 Å². The molecule has 120 valence electrons. The van der Waals surface area contributed by atoms with E-state index in [1.165, 1.54) is 6.42 Å². The molecule has 0 saturated heterocycles. The van der Waals surface area contributed by atoms with Crippen LogP contribution < -0.4 is 5.32 Å². The van der Waals surface area contributed by atoms with E-state index in [-0.39, 0.29) is 11.9 Å². The number of esters is 1. The standard InChI is InChI=1S/C18H25NO3/c1-12-7-6-9-15(11-12)18(21)22-14(3)17(20)19-16-10-5-4-8-13(16)2/h6-7,9,11,13-14,16H,4-5,8,10H2,1-3H3,(H,19,20)/t13-,14-,16-/m0/s1. The van der Waals surface area contributed by atoms with Gasteiger partial charge in [-0.25, -0.2) is 4.79 Å². The monoisotopic (exact) mass is 303 g/mol. The summed E-state index contributed by atoms with van der Waals surface area (Å²) < 4.78 is 5.28. The second-order valence-corrected chi connectivity index (χ2v) is 6.29. The highest BCUT2D eigenvalue weighted by Crippen LogP contribution is 2.23. The van der Waals surface area contributed by atoms with Crippen LogP contribution in [0.15, 0.2) is 24.3 Å². The summed E-state index contributed by atoms with van der Waals surface area (Å²) in [5.41, 5.74) is 1.47. The van der Waals surface area contributed by atoms with Crippen molar-refractivity contribution in [2.24, 2.45) is 5.92 Å². The Morgan fingerprint density at radius 1 is 1.27 bits per heavy atom. The molecule has 4 nitrogen and oxygen atoms in total. The first-order valence-corrected chi connectivity index (χ1v) is 8.05. The Hall–Kier alpha value is -1.84. The molecule has 1 aromatic carbocycles. The van der Waals surface area contributed by atoms with E-state index in [9.17, 15) is 9.59 Å². The summed E-state index contributed by atoms with van der Waals surface area (Å²) in [5.74, 6) is -0.180. The first kappa shape index (κ1) is 16.5. The molecule has 0 radical (unpaired) electrons. The molecule has 3 atom stereocenters. The van der Waals surface area contributed by atoms with Gasteiger partial charge in [-0.3, -0.25) is 4.79 Å². The molecule has 0 aromatic heterocycles. The minimum Gasteiger partial charge on any atom is -0.449 e. The van der Waals surface area contributed by atoms with Crippen molar-refractivity contribution in [2.75, 3.05) is 0 Å². The van der Waals surface area contributed by atoms with Gasteiger partial charge in [0.15, 0.2) is 6.10 Å². The molecule has 2 rings (SSSR count). The SMILES string of the molecule is Cc1cccc(C(=O)O[C@@H](C)C(=O)N[C@H]2CCCC[C@@H]2C)c1. The Labute approximate surface area is 132 Å². The van der Waals surface area contributed by atoms with Gasteiger partial charge < -0.3 is 10.1 Å². The Morgan fingerprint density at radius 2 is 2.00 bits per heavy atom. The van der Waals surface area contributed by atoms with Crippen molar-refractivity contribution in [2.45, 2.75) is 58.6 Å². The minimum absolute atomic E-state index is 0.196. The number of rotatable bonds is 4. The van der Waals surface area contributed by atoms with Crippen LogP contribution in [0.4, 0.5) is 0 Å². The zero-order valence-corrected chi connectivity index (χ0v) is 13.6. The molecular weight excluding hydrogens is 278 g/mol. The molecule has 1 aliphatic carbocycles. The van der Waals surface area contributed by atoms with Gasteiger partial charge in [-0.1, -0.05) is 37.5 Å². The molecule has 1 amide bonds. The van der Waals surface area contributed by atoms with E-state index in [1.807, 2.05) is 13.0 Å². The Bertz CT molecular complexity index is 541. The van der Waals surface area contributed by atoms with Crippen LogP contribution in [0.25, 0.3) is 0 Å². The van der Waals surface area contributed by atoms with E-state index in [2.05, 4.69) is 12.2 Å². The maximum Gasteiger partial charge on any atom is 0.338 e. The third kappa shape index (κ3) is 4.33. The van der Waals surface area contributed by atoms with Crippen LogP contribution in [0.5, 0.6) is 0 Å². The molecule has 4 heteroatoms. The summed E-state index contributed by atoms with van der Waals surface area (Å²) in [5, 5.41) is 3.02. The fourth-order valence-electron chi connectivity index (χ4n) is 2.88. The van der Waals surface area contributed by atoms with Crippen LogP contribution in [0.3, 0.4) is 0 Å². The summed E-state index contributed by atoms with van der Waals surface area (Å²) in [6.45, 7) is 5.70. The van der Waals surface area contributed by atoms with Gasteiger partial charge in [0.2, 0.25) is 0 Å². The molecule has 1 fully saturated rings. The molecule has 0 spiro atoms. The number of aryl methyl sites for hydroxylation is 1. The zero-order valence-electron chi connectivity index (χ0n) is 13.6. The third-order valence-electron chi connectivity index (χ3n) is 4.35. The molecular formula is C18H25NO3. The number of carbonyl (C=O) groups is 2. The van der Waals surface area contributed by atoms with Crippen LogP contribution in [0.1, 0.15) is 55.5 Å². The van der Waals surface area contributed by atoms with Crippen molar-refractivity contribution in [1.29, 1.82) is 0 Å². The van der Waals surface area contributed by atoms with Gasteiger partial charge in [0.1, 0.15) is 0 Å². The van der Waals surface area contributed by atoms with Gasteiger partial charge in [0.05, 0.1) is 5.56 Å². The van der Waals surface area contributed by atoms with E-state index >= 15 is 0 Å². The van der Waals surface area contributed by atoms with Crippen molar-refractivity contribution in [1.82, 2.24) is 5.32 Å². The lowest BCUT2D eigenvalue weighted by atomic mass is 9.86. The second kappa shape index (κ2) is 7.43. The van der Waals surface area contributed by atoms with E-state index in [0.717, 1.165) is 24.8 Å². The summed E-state index contributed by atoms with van der Waals surface area (Å²) in [6, 6.07) is 7.37. The van der Waals surface area contributed by atoms with Crippen LogP contribution in [0, 0.1) is 12.8 Å². The predicted molar refractivity (Wildman–Crippen MR) is 85.6 cm³/mol. The topological polar surface area (TPSA) is 55.4 Å². The quantitative estimate of drug-likeness (QED) is 0.869. The summed E-state index contributed by atoms with van der Waals surface area (Å²) in [4.78, 5) is 24.3. The average Bonchev–Trinajstić information content (AvgIpc) is 2.49. The Kier molecular flexibility index (Phi) is 5.58. The maximum absolute atomic E-state index is 12.2. The van der Waals surface area contributed by atoms with E-state index in [0.29, 0.717) is 11.5 Å². The number of hydrogen-bond acceptors (Lipinski definition) is 3. The average molecular weight is 303 g/mol. The van der Waals surface area contributed by atoms with Crippen molar-refractivity contribution in [3.8, 4) is 0 Å². The van der Waals surface area contributed by atoms with Gasteiger partial charge in [-0.2, -0.15) is 0 Å². The minimum atomic E-state index is -0.776. The lowest BCUT2D eigenvalue weighted by Gasteiger charge is -2.30. The highest BCUT2D eigenvalue weighted by Gasteiger charge is 2.26. The smallest absolute Gasteiger partial charge is 0.338 e. The first-order chi connectivity index (χ1) is 10.5. The normalized spacial score (nSPS) is 22.7. The first-order valence-electron chi connectivity index (χ1n) is 8.05. The highest BCUT2D eigenvalue weighted by molar-refractivity contribution is 5.92. The molecule has 1 saturated carbocycles. The number of benzene rings is 1. The van der Waals surface area contributed by atoms with Crippen molar-refractivity contribution in [3.05, 3.63) is 35.4 Å². The predicted octanol–water partition coefficient (Wildman–Crippen LogP) is 3.24. The van der Waals surface area contributed by atoms with Crippen LogP contribution in [-0.4, -0.2) is 24.0 Å². The fourth-order valence-corrected chi connectivity index (χ4v) is 2.88. The van der Waals surface area contributed by atoms with Gasteiger partial charge in [0, 0.05) is 6.04 Å². The molecule has 0 bridgehead atoms. The van der Waals surface area contributed by atoms with Gasteiger partial charge in [-0.05, 0) is 44.7 Å². The molecule has 0 aliphatic heterocycles. The molecule has 22 heavy (non-hydrogen) atoms. The molecule has 0 heterocycles. The van der Waals surface area contributed by atoms with E-state index in [4.69, 9.17) is 4.74 Å². The lowest BCUT2D eigenvalue weighted by Crippen LogP contribution is -2.45. The summed E-state index contributed by atoms with van der Waals surface area (Å²) >= 11 is 0. The van der Waals surface area contributed by atoms with Crippen LogP contribution in [-0.2, 0) is 9.53 Å². The summed E-state index contributed by atoms with van der Waals surface area (Å²) in [7, 11) is 0. The number of ether oxygens (including phenoxy) is 1. The Balaban J connectivity index is 1.89. The molecule has 1 aromatic rings. The van der Waals surface area contributed by atoms with E-state index in [1.54, 1.807) is 25.1 Å². The van der Waals surface area contributed by atoms with E-state index < -0.39 is 12.1 Å². The van der Waals surface area contributed by atoms with Crippen molar-refractivity contribution in [3.63, 3.8) is 0 Å². The largest absolute Gasteiger partial charge is 0.449 e. The Morgan fingerprint density at radius 3 is 2.68 bits per heavy atom. The number of hydrogen-bond donors (Lipinski definition) is 1. The molecule has 1 N–H and O–H groups in total. The highest BCUT2D eigenvalue weighted by atomic mass is 16.5. The van der Waals surface area contributed by atoms with Gasteiger partial charge in [-0.15, -0.1) is 0 Å². The number of carbonyl (C=O) groups excluding carboxylic acids is 2. The van der Waals surface area contributed by atoms with Crippen molar-refractivity contribution < 1.29 is 14.3 Å². The second-order valence-electron chi connectivity index (χ2n) is 6.29. The molecule has 0 unspecified atom stereocenters. The van der Waals surface area contributed by atoms with Crippen LogP contribution in [0.2, 0.25) is 0 Å². The van der Waals surface area contributed by atoms with Crippen molar-refractivity contribution >= 4 is 11.9 Å². The number of nitrogens with one attached hydrogen (secondary N) is 1. The van der Waals surface area contributed by atoms with Crippen LogP contribution >= 0.6 is 0 Å². The number of amides is 1. The summed E-state index contributed by atoms with van der Waals surface area (Å²) in [6.07, 6.45) is 3.74. The van der Waals surface area contributed by atoms with Gasteiger partial charge >= 0.3 is 5.97 Å². The fraction of sp³-hybridized carbons (Fsp3) is 0.556. The third-order valence-corrected chi connectivity index (χ3v) is 4.35. The maximum atomic E-state index is 12.2. The molecule has 1 aliphatic rings. The zero-order chi connectivity index (χ0) is 16.1. The lowest BCUT2D eigenvalue weighted by molar-refractivity contribution is -0.130.